The largest absolute Gasteiger partial charge is 0.381 e. The maximum absolute atomic E-state index is 13.3. The fourth-order valence-corrected chi connectivity index (χ4v) is 4.95. The molecule has 3 rings (SSSR count). The van der Waals surface area contributed by atoms with Gasteiger partial charge in [0.2, 0.25) is 5.91 Å². The normalized spacial score (nSPS) is 26.3. The number of nitrogens with zero attached hydrogens (tertiary/aromatic N) is 1. The Kier molecular flexibility index (Phi) is 7.60. The van der Waals surface area contributed by atoms with Crippen molar-refractivity contribution in [2.45, 2.75) is 64.2 Å². The van der Waals surface area contributed by atoms with Gasteiger partial charge in [-0.2, -0.15) is 0 Å². The second kappa shape index (κ2) is 9.78. The van der Waals surface area contributed by atoms with Crippen molar-refractivity contribution in [1.82, 2.24) is 10.2 Å². The van der Waals surface area contributed by atoms with Crippen LogP contribution in [0.2, 0.25) is 5.02 Å². The van der Waals surface area contributed by atoms with Crippen molar-refractivity contribution in [3.8, 4) is 0 Å². The summed E-state index contributed by atoms with van der Waals surface area (Å²) < 4.78 is 11.5. The third kappa shape index (κ3) is 5.52. The molecule has 2 heterocycles. The van der Waals surface area contributed by atoms with Crippen molar-refractivity contribution in [3.05, 3.63) is 34.9 Å². The number of rotatable bonds is 6. The van der Waals surface area contributed by atoms with Crippen LogP contribution in [0.1, 0.15) is 46.1 Å². The van der Waals surface area contributed by atoms with Gasteiger partial charge in [-0.1, -0.05) is 37.6 Å². The Morgan fingerprint density at radius 1 is 1.17 bits per heavy atom. The van der Waals surface area contributed by atoms with Crippen LogP contribution in [0, 0.1) is 5.92 Å². The summed E-state index contributed by atoms with van der Waals surface area (Å²) in [4.78, 5) is 15.6. The number of amides is 1. The molecule has 1 N–H and O–H groups in total. The smallest absolute Gasteiger partial charge is 0.237 e. The predicted molar refractivity (Wildman–Crippen MR) is 116 cm³/mol. The van der Waals surface area contributed by atoms with Crippen LogP contribution in [-0.4, -0.2) is 61.9 Å². The van der Waals surface area contributed by atoms with Gasteiger partial charge in [-0.3, -0.25) is 9.69 Å². The molecule has 162 valence electrons. The monoisotopic (exact) mass is 422 g/mol. The van der Waals surface area contributed by atoms with Crippen molar-refractivity contribution >= 4 is 17.5 Å². The van der Waals surface area contributed by atoms with E-state index in [1.54, 1.807) is 0 Å². The van der Waals surface area contributed by atoms with Gasteiger partial charge in [0.15, 0.2) is 0 Å². The van der Waals surface area contributed by atoms with E-state index in [9.17, 15) is 4.79 Å². The first-order valence-electron chi connectivity index (χ1n) is 10.8. The minimum absolute atomic E-state index is 0.106. The molecule has 0 spiro atoms. The first-order valence-corrected chi connectivity index (χ1v) is 11.2. The number of carbonyl (C=O) groups excluding carboxylic acids is 1. The van der Waals surface area contributed by atoms with E-state index < -0.39 is 0 Å². The number of ether oxygens (including phenoxy) is 2. The highest BCUT2D eigenvalue weighted by Crippen LogP contribution is 2.35. The van der Waals surface area contributed by atoms with Crippen LogP contribution >= 0.6 is 11.6 Å². The lowest BCUT2D eigenvalue weighted by Gasteiger charge is -2.42. The minimum Gasteiger partial charge on any atom is -0.381 e. The molecule has 6 heteroatoms. The number of morpholine rings is 1. The standard InChI is InChI=1S/C23H35ClN2O3/c1-16(2)21(26-13-17(3)29-18(4)14-26)22(27)25-15-23(9-11-28-12-10-23)19-5-7-20(24)8-6-19/h5-8,16-18,21H,9-15H2,1-4H3,(H,25,27). The van der Waals surface area contributed by atoms with Crippen molar-refractivity contribution in [2.24, 2.45) is 5.92 Å². The number of nitrogens with one attached hydrogen (secondary N) is 1. The first-order chi connectivity index (χ1) is 13.8. The van der Waals surface area contributed by atoms with Gasteiger partial charge in [0.05, 0.1) is 18.2 Å². The average Bonchev–Trinajstić information content (AvgIpc) is 2.67. The SMILES string of the molecule is CC1CN(C(C(=O)NCC2(c3ccc(Cl)cc3)CCOCC2)C(C)C)CC(C)O1. The Balaban J connectivity index is 1.73. The maximum atomic E-state index is 13.3. The summed E-state index contributed by atoms with van der Waals surface area (Å²) in [5, 5.41) is 4.04. The molecule has 0 aromatic heterocycles. The van der Waals surface area contributed by atoms with Gasteiger partial charge in [0, 0.05) is 43.3 Å². The molecular weight excluding hydrogens is 388 g/mol. The van der Waals surface area contributed by atoms with Crippen LogP contribution in [0.25, 0.3) is 0 Å². The third-order valence-electron chi connectivity index (χ3n) is 6.25. The molecule has 0 bridgehead atoms. The van der Waals surface area contributed by atoms with E-state index in [0.717, 1.165) is 31.0 Å². The Bertz CT molecular complexity index is 663. The third-order valence-corrected chi connectivity index (χ3v) is 6.50. The Hall–Kier alpha value is -1.14. The lowest BCUT2D eigenvalue weighted by atomic mass is 9.74. The number of hydrogen-bond acceptors (Lipinski definition) is 4. The number of benzene rings is 1. The molecule has 0 radical (unpaired) electrons. The summed E-state index contributed by atoms with van der Waals surface area (Å²) in [6.45, 7) is 12.0. The number of carbonyl (C=O) groups is 1. The zero-order valence-corrected chi connectivity index (χ0v) is 18.9. The predicted octanol–water partition coefficient (Wildman–Crippen LogP) is 3.64. The van der Waals surface area contributed by atoms with Gasteiger partial charge in [0.25, 0.3) is 0 Å². The lowest BCUT2D eigenvalue weighted by Crippen LogP contribution is -2.58. The van der Waals surface area contributed by atoms with Crippen LogP contribution in [0.5, 0.6) is 0 Å². The second-order valence-electron chi connectivity index (χ2n) is 9.02. The molecule has 2 aliphatic rings. The summed E-state index contributed by atoms with van der Waals surface area (Å²) >= 11 is 6.10. The number of hydrogen-bond donors (Lipinski definition) is 1. The van der Waals surface area contributed by atoms with E-state index in [2.05, 4.69) is 50.0 Å². The van der Waals surface area contributed by atoms with Crippen LogP contribution in [-0.2, 0) is 19.7 Å². The van der Waals surface area contributed by atoms with Crippen LogP contribution in [0.3, 0.4) is 0 Å². The summed E-state index contributed by atoms with van der Waals surface area (Å²) in [6.07, 6.45) is 2.08. The number of halogens is 1. The quantitative estimate of drug-likeness (QED) is 0.760. The van der Waals surface area contributed by atoms with Gasteiger partial charge in [-0.15, -0.1) is 0 Å². The van der Waals surface area contributed by atoms with E-state index in [1.165, 1.54) is 5.56 Å². The molecule has 0 saturated carbocycles. The highest BCUT2D eigenvalue weighted by Gasteiger charge is 2.38. The molecule has 1 amide bonds. The van der Waals surface area contributed by atoms with Gasteiger partial charge in [0.1, 0.15) is 0 Å². The molecular formula is C23H35ClN2O3. The summed E-state index contributed by atoms with van der Waals surface area (Å²) in [7, 11) is 0. The molecule has 1 aromatic carbocycles. The Morgan fingerprint density at radius 2 is 1.76 bits per heavy atom. The molecule has 5 nitrogen and oxygen atoms in total. The van der Waals surface area contributed by atoms with Crippen molar-refractivity contribution in [1.29, 1.82) is 0 Å². The van der Waals surface area contributed by atoms with E-state index in [-0.39, 0.29) is 35.5 Å². The highest BCUT2D eigenvalue weighted by atomic mass is 35.5. The molecule has 1 aromatic rings. The zero-order valence-electron chi connectivity index (χ0n) is 18.1. The summed E-state index contributed by atoms with van der Waals surface area (Å²) in [5.74, 6) is 0.342. The molecule has 3 unspecified atom stereocenters. The van der Waals surface area contributed by atoms with Crippen molar-refractivity contribution in [2.75, 3.05) is 32.8 Å². The second-order valence-corrected chi connectivity index (χ2v) is 9.45. The summed E-state index contributed by atoms with van der Waals surface area (Å²) in [5.41, 5.74) is 1.12. The fourth-order valence-electron chi connectivity index (χ4n) is 4.83. The van der Waals surface area contributed by atoms with Gasteiger partial charge in [-0.25, -0.2) is 0 Å². The molecule has 2 saturated heterocycles. The van der Waals surface area contributed by atoms with E-state index in [1.807, 2.05) is 12.1 Å². The van der Waals surface area contributed by atoms with Crippen molar-refractivity contribution in [3.63, 3.8) is 0 Å². The average molecular weight is 423 g/mol. The van der Waals surface area contributed by atoms with Gasteiger partial charge >= 0.3 is 0 Å². The molecule has 2 aliphatic heterocycles. The van der Waals surface area contributed by atoms with E-state index in [4.69, 9.17) is 21.1 Å². The Morgan fingerprint density at radius 3 is 2.31 bits per heavy atom. The maximum Gasteiger partial charge on any atom is 0.237 e. The minimum atomic E-state index is -0.147. The molecule has 0 aliphatic carbocycles. The van der Waals surface area contributed by atoms with Crippen LogP contribution < -0.4 is 5.32 Å². The van der Waals surface area contributed by atoms with Gasteiger partial charge < -0.3 is 14.8 Å². The lowest BCUT2D eigenvalue weighted by molar-refractivity contribution is -0.135. The Labute approximate surface area is 180 Å². The van der Waals surface area contributed by atoms with Crippen LogP contribution in [0.4, 0.5) is 0 Å². The highest BCUT2D eigenvalue weighted by molar-refractivity contribution is 6.30. The zero-order chi connectivity index (χ0) is 21.0. The molecule has 29 heavy (non-hydrogen) atoms. The first kappa shape index (κ1) is 22.5. The van der Waals surface area contributed by atoms with Crippen molar-refractivity contribution < 1.29 is 14.3 Å². The fraction of sp³-hybridized carbons (Fsp3) is 0.696. The molecule has 3 atom stereocenters. The van der Waals surface area contributed by atoms with E-state index >= 15 is 0 Å². The van der Waals surface area contributed by atoms with Crippen LogP contribution in [0.15, 0.2) is 24.3 Å². The molecule has 2 fully saturated rings. The van der Waals surface area contributed by atoms with Gasteiger partial charge in [-0.05, 0) is 50.3 Å². The van der Waals surface area contributed by atoms with E-state index in [0.29, 0.717) is 19.8 Å². The summed E-state index contributed by atoms with van der Waals surface area (Å²) in [6, 6.07) is 7.90. The topological polar surface area (TPSA) is 50.8 Å².